The van der Waals surface area contributed by atoms with Gasteiger partial charge in [-0.2, -0.15) is 0 Å². The molecule has 0 aliphatic heterocycles. The molecule has 2 atom stereocenters. The van der Waals surface area contributed by atoms with Gasteiger partial charge in [-0.25, -0.2) is 4.99 Å². The largest absolute Gasteiger partial charge is 0.392 e. The van der Waals surface area contributed by atoms with Crippen molar-refractivity contribution in [3.63, 3.8) is 0 Å². The zero-order valence-corrected chi connectivity index (χ0v) is 18.3. The Morgan fingerprint density at radius 2 is 1.92 bits per heavy atom. The summed E-state index contributed by atoms with van der Waals surface area (Å²) in [6.45, 7) is 10.1. The number of guanidine groups is 1. The highest BCUT2D eigenvalue weighted by molar-refractivity contribution is 14.0. The molecular formula is C19H32IN3O2. The van der Waals surface area contributed by atoms with Crippen molar-refractivity contribution in [2.24, 2.45) is 10.4 Å². The second-order valence-electron chi connectivity index (χ2n) is 7.18. The molecule has 0 saturated heterocycles. The summed E-state index contributed by atoms with van der Waals surface area (Å²) in [4.78, 5) is 4.70. The summed E-state index contributed by atoms with van der Waals surface area (Å²) >= 11 is 0. The van der Waals surface area contributed by atoms with Crippen molar-refractivity contribution in [3.05, 3.63) is 35.4 Å². The van der Waals surface area contributed by atoms with Crippen LogP contribution in [-0.2, 0) is 17.9 Å². The smallest absolute Gasteiger partial charge is 0.191 e. The van der Waals surface area contributed by atoms with Crippen molar-refractivity contribution >= 4 is 29.9 Å². The fourth-order valence-corrected chi connectivity index (χ4v) is 3.24. The van der Waals surface area contributed by atoms with Crippen molar-refractivity contribution in [1.82, 2.24) is 10.6 Å². The lowest BCUT2D eigenvalue weighted by atomic mass is 9.56. The predicted octanol–water partition coefficient (Wildman–Crippen LogP) is 3.06. The van der Waals surface area contributed by atoms with Gasteiger partial charge in [0.1, 0.15) is 0 Å². The Labute approximate surface area is 168 Å². The first-order valence-corrected chi connectivity index (χ1v) is 8.65. The van der Waals surface area contributed by atoms with Crippen LogP contribution < -0.4 is 10.6 Å². The molecular weight excluding hydrogens is 429 g/mol. The van der Waals surface area contributed by atoms with Crippen LogP contribution in [0.2, 0.25) is 0 Å². The number of hydrogen-bond donors (Lipinski definition) is 3. The number of nitrogens with zero attached hydrogens (tertiary/aromatic N) is 1. The van der Waals surface area contributed by atoms with Crippen LogP contribution in [0.3, 0.4) is 0 Å². The molecule has 2 rings (SSSR count). The molecule has 0 spiro atoms. The molecule has 1 fully saturated rings. The number of nitrogens with one attached hydrogen (secondary N) is 2. The number of halogens is 1. The van der Waals surface area contributed by atoms with Gasteiger partial charge in [0.2, 0.25) is 0 Å². The maximum Gasteiger partial charge on any atom is 0.191 e. The Hall–Kier alpha value is -0.860. The minimum Gasteiger partial charge on any atom is -0.392 e. The van der Waals surface area contributed by atoms with E-state index in [1.54, 1.807) is 7.11 Å². The Morgan fingerprint density at radius 1 is 1.28 bits per heavy atom. The van der Waals surface area contributed by atoms with E-state index in [0.29, 0.717) is 12.6 Å². The Bertz CT molecular complexity index is 592. The fourth-order valence-electron chi connectivity index (χ4n) is 3.24. The number of hydrogen-bond acceptors (Lipinski definition) is 3. The minimum atomic E-state index is -0.106. The zero-order valence-electron chi connectivity index (χ0n) is 15.9. The summed E-state index contributed by atoms with van der Waals surface area (Å²) in [7, 11) is 1.78. The highest BCUT2D eigenvalue weighted by Gasteiger charge is 2.58. The third kappa shape index (κ3) is 4.65. The van der Waals surface area contributed by atoms with Crippen molar-refractivity contribution in [1.29, 1.82) is 0 Å². The summed E-state index contributed by atoms with van der Waals surface area (Å²) < 4.78 is 5.69. The molecule has 0 aromatic heterocycles. The maximum atomic E-state index is 9.44. The first-order chi connectivity index (χ1) is 11.4. The average Bonchev–Trinajstić information content (AvgIpc) is 2.59. The second-order valence-corrected chi connectivity index (χ2v) is 7.18. The van der Waals surface area contributed by atoms with Gasteiger partial charge in [-0.3, -0.25) is 0 Å². The van der Waals surface area contributed by atoms with Crippen LogP contribution in [0.1, 0.15) is 45.2 Å². The van der Waals surface area contributed by atoms with Crippen LogP contribution in [0.5, 0.6) is 0 Å². The standard InChI is InChI=1S/C19H31N3O2.HI/c1-6-20-17(21-12-14-9-7-8-10-15(14)13-23)22-16-11-19(4,24-5)18(16,2)3;/h7-10,16,23H,6,11-13H2,1-5H3,(H2,20,21,22);1H. The molecule has 1 aliphatic rings. The summed E-state index contributed by atoms with van der Waals surface area (Å²) in [5, 5.41) is 16.3. The van der Waals surface area contributed by atoms with E-state index in [4.69, 9.17) is 9.73 Å². The molecule has 2 unspecified atom stereocenters. The minimum absolute atomic E-state index is 0. The SMILES string of the molecule is CCNC(=NCc1ccccc1CO)NC1CC(C)(OC)C1(C)C.I. The van der Waals surface area contributed by atoms with Crippen LogP contribution in [0.4, 0.5) is 0 Å². The molecule has 1 saturated carbocycles. The van der Waals surface area contributed by atoms with Gasteiger partial charge in [-0.05, 0) is 31.4 Å². The molecule has 1 aromatic carbocycles. The van der Waals surface area contributed by atoms with E-state index >= 15 is 0 Å². The predicted molar refractivity (Wildman–Crippen MR) is 113 cm³/mol. The summed E-state index contributed by atoms with van der Waals surface area (Å²) in [5.74, 6) is 0.807. The van der Waals surface area contributed by atoms with E-state index in [0.717, 1.165) is 30.1 Å². The van der Waals surface area contributed by atoms with Gasteiger partial charge >= 0.3 is 0 Å². The fraction of sp³-hybridized carbons (Fsp3) is 0.632. The monoisotopic (exact) mass is 461 g/mol. The van der Waals surface area contributed by atoms with E-state index in [1.807, 2.05) is 24.3 Å². The molecule has 1 aliphatic carbocycles. The number of benzene rings is 1. The third-order valence-electron chi connectivity index (χ3n) is 5.63. The molecule has 3 N–H and O–H groups in total. The number of rotatable bonds is 6. The molecule has 0 amide bonds. The number of ether oxygens (including phenoxy) is 1. The highest BCUT2D eigenvalue weighted by Crippen LogP contribution is 2.51. The molecule has 5 nitrogen and oxygen atoms in total. The first-order valence-electron chi connectivity index (χ1n) is 8.65. The zero-order chi connectivity index (χ0) is 17.8. The van der Waals surface area contributed by atoms with Crippen LogP contribution >= 0.6 is 24.0 Å². The maximum absolute atomic E-state index is 9.44. The topological polar surface area (TPSA) is 65.9 Å². The van der Waals surface area contributed by atoms with Crippen LogP contribution in [0, 0.1) is 5.41 Å². The van der Waals surface area contributed by atoms with E-state index in [-0.39, 0.29) is 41.6 Å². The second kappa shape index (κ2) is 9.19. The Balaban J connectivity index is 0.00000312. The highest BCUT2D eigenvalue weighted by atomic mass is 127. The molecule has 25 heavy (non-hydrogen) atoms. The third-order valence-corrected chi connectivity index (χ3v) is 5.63. The Morgan fingerprint density at radius 3 is 2.44 bits per heavy atom. The van der Waals surface area contributed by atoms with Gasteiger partial charge in [0, 0.05) is 25.1 Å². The van der Waals surface area contributed by atoms with Gasteiger partial charge in [0.05, 0.1) is 18.8 Å². The average molecular weight is 461 g/mol. The van der Waals surface area contributed by atoms with Crippen molar-refractivity contribution in [2.45, 2.75) is 58.9 Å². The van der Waals surface area contributed by atoms with Crippen molar-refractivity contribution in [3.8, 4) is 0 Å². The summed E-state index contributed by atoms with van der Waals surface area (Å²) in [5.41, 5.74) is 1.90. The van der Waals surface area contributed by atoms with Crippen molar-refractivity contribution < 1.29 is 9.84 Å². The molecule has 0 heterocycles. The molecule has 0 radical (unpaired) electrons. The van der Waals surface area contributed by atoms with E-state index in [2.05, 4.69) is 38.3 Å². The van der Waals surface area contributed by atoms with Crippen LogP contribution in [0.15, 0.2) is 29.3 Å². The quantitative estimate of drug-likeness (QED) is 0.346. The van der Waals surface area contributed by atoms with E-state index in [9.17, 15) is 5.11 Å². The number of aliphatic hydroxyl groups excluding tert-OH is 1. The van der Waals surface area contributed by atoms with Crippen LogP contribution in [0.25, 0.3) is 0 Å². The lowest BCUT2D eigenvalue weighted by molar-refractivity contribution is -0.176. The summed E-state index contributed by atoms with van der Waals surface area (Å²) in [6, 6.07) is 8.17. The Kier molecular flexibility index (Phi) is 8.15. The lowest BCUT2D eigenvalue weighted by Gasteiger charge is -2.59. The van der Waals surface area contributed by atoms with Gasteiger partial charge in [0.15, 0.2) is 5.96 Å². The molecule has 142 valence electrons. The van der Waals surface area contributed by atoms with Gasteiger partial charge in [-0.1, -0.05) is 38.1 Å². The number of aliphatic imine (C=N–C) groups is 1. The van der Waals surface area contributed by atoms with Gasteiger partial charge < -0.3 is 20.5 Å². The summed E-state index contributed by atoms with van der Waals surface area (Å²) in [6.07, 6.45) is 0.953. The normalized spacial score (nSPS) is 24.9. The van der Waals surface area contributed by atoms with Crippen LogP contribution in [-0.4, -0.2) is 36.4 Å². The molecule has 0 bridgehead atoms. The molecule has 6 heteroatoms. The number of aliphatic hydroxyl groups is 1. The van der Waals surface area contributed by atoms with Gasteiger partial charge in [-0.15, -0.1) is 24.0 Å². The first kappa shape index (κ1) is 22.2. The van der Waals surface area contributed by atoms with E-state index in [1.165, 1.54) is 0 Å². The van der Waals surface area contributed by atoms with E-state index < -0.39 is 0 Å². The van der Waals surface area contributed by atoms with Crippen molar-refractivity contribution in [2.75, 3.05) is 13.7 Å². The lowest BCUT2D eigenvalue weighted by Crippen LogP contribution is -2.69. The number of methoxy groups -OCH3 is 1. The molecule has 1 aromatic rings. The van der Waals surface area contributed by atoms with Gasteiger partial charge in [0.25, 0.3) is 0 Å².